The molecule has 0 saturated heterocycles. The van der Waals surface area contributed by atoms with E-state index in [0.717, 1.165) is 30.3 Å². The highest BCUT2D eigenvalue weighted by molar-refractivity contribution is 5.74. The molecule has 0 aliphatic heterocycles. The number of aryl methyl sites for hydroxylation is 2. The van der Waals surface area contributed by atoms with Crippen molar-refractivity contribution >= 4 is 12.0 Å². The lowest BCUT2D eigenvalue weighted by Gasteiger charge is -2.02. The van der Waals surface area contributed by atoms with Crippen LogP contribution in [0.2, 0.25) is 0 Å². The molecule has 0 radical (unpaired) electrons. The second kappa shape index (κ2) is 5.91. The van der Waals surface area contributed by atoms with Gasteiger partial charge in [0.05, 0.1) is 4.92 Å². The molecule has 96 valence electrons. The standard InChI is InChI=1S/C15H13NO3/c17-11-14-5-3-12(4-6-14)1-2-13-7-9-15(10-8-13)16(18)19/h3-11H,1-2H2. The van der Waals surface area contributed by atoms with Gasteiger partial charge in [-0.3, -0.25) is 14.9 Å². The molecule has 4 heteroatoms. The fourth-order valence-electron chi connectivity index (χ4n) is 1.84. The lowest BCUT2D eigenvalue weighted by molar-refractivity contribution is -0.384. The van der Waals surface area contributed by atoms with Crippen molar-refractivity contribution in [1.82, 2.24) is 0 Å². The SMILES string of the molecule is O=Cc1ccc(CCc2ccc([N+](=O)[O-])cc2)cc1. The Morgan fingerprint density at radius 3 is 1.79 bits per heavy atom. The Kier molecular flexibility index (Phi) is 4.03. The van der Waals surface area contributed by atoms with Gasteiger partial charge in [0, 0.05) is 17.7 Å². The van der Waals surface area contributed by atoms with Crippen molar-refractivity contribution in [1.29, 1.82) is 0 Å². The summed E-state index contributed by atoms with van der Waals surface area (Å²) in [5.41, 5.74) is 2.98. The third-order valence-electron chi connectivity index (χ3n) is 2.97. The summed E-state index contributed by atoms with van der Waals surface area (Å²) in [4.78, 5) is 20.7. The van der Waals surface area contributed by atoms with Gasteiger partial charge in [-0.1, -0.05) is 36.4 Å². The lowest BCUT2D eigenvalue weighted by Crippen LogP contribution is -1.93. The molecule has 0 aliphatic rings. The van der Waals surface area contributed by atoms with Crippen molar-refractivity contribution in [3.8, 4) is 0 Å². The van der Waals surface area contributed by atoms with Crippen molar-refractivity contribution < 1.29 is 9.72 Å². The van der Waals surface area contributed by atoms with Crippen LogP contribution in [0, 0.1) is 10.1 Å². The molecule has 0 N–H and O–H groups in total. The summed E-state index contributed by atoms with van der Waals surface area (Å²) in [6.45, 7) is 0. The van der Waals surface area contributed by atoms with Crippen molar-refractivity contribution in [3.63, 3.8) is 0 Å². The average Bonchev–Trinajstić information content (AvgIpc) is 2.46. The van der Waals surface area contributed by atoms with E-state index in [0.29, 0.717) is 5.56 Å². The number of carbonyl (C=O) groups is 1. The quantitative estimate of drug-likeness (QED) is 0.468. The molecular formula is C15H13NO3. The van der Waals surface area contributed by atoms with E-state index in [4.69, 9.17) is 0 Å². The zero-order chi connectivity index (χ0) is 13.7. The van der Waals surface area contributed by atoms with E-state index < -0.39 is 4.92 Å². The van der Waals surface area contributed by atoms with E-state index in [-0.39, 0.29) is 5.69 Å². The van der Waals surface area contributed by atoms with E-state index in [2.05, 4.69) is 0 Å². The van der Waals surface area contributed by atoms with Gasteiger partial charge < -0.3 is 0 Å². The van der Waals surface area contributed by atoms with Crippen molar-refractivity contribution in [2.75, 3.05) is 0 Å². The van der Waals surface area contributed by atoms with Gasteiger partial charge in [0.15, 0.2) is 0 Å². The number of nitrogens with zero attached hydrogens (tertiary/aromatic N) is 1. The number of nitro benzene ring substituents is 1. The normalized spacial score (nSPS) is 10.1. The number of hydrogen-bond acceptors (Lipinski definition) is 3. The molecule has 4 nitrogen and oxygen atoms in total. The van der Waals surface area contributed by atoms with Crippen LogP contribution in [0.3, 0.4) is 0 Å². The third-order valence-corrected chi connectivity index (χ3v) is 2.97. The van der Waals surface area contributed by atoms with Crippen LogP contribution in [0.15, 0.2) is 48.5 Å². The molecule has 0 unspecified atom stereocenters. The molecule has 2 aromatic rings. The van der Waals surface area contributed by atoms with E-state index in [9.17, 15) is 14.9 Å². The number of benzene rings is 2. The smallest absolute Gasteiger partial charge is 0.269 e. The van der Waals surface area contributed by atoms with Crippen LogP contribution in [-0.2, 0) is 12.8 Å². The summed E-state index contributed by atoms with van der Waals surface area (Å²) in [6.07, 6.45) is 2.48. The minimum atomic E-state index is -0.401. The van der Waals surface area contributed by atoms with E-state index in [1.54, 1.807) is 24.3 Å². The van der Waals surface area contributed by atoms with Gasteiger partial charge in [-0.2, -0.15) is 0 Å². The zero-order valence-electron chi connectivity index (χ0n) is 10.3. The van der Waals surface area contributed by atoms with E-state index in [1.807, 2.05) is 12.1 Å². The van der Waals surface area contributed by atoms with Crippen LogP contribution in [-0.4, -0.2) is 11.2 Å². The Balaban J connectivity index is 1.97. The molecule has 0 aromatic heterocycles. The van der Waals surface area contributed by atoms with Gasteiger partial charge in [-0.15, -0.1) is 0 Å². The molecule has 0 spiro atoms. The van der Waals surface area contributed by atoms with Gasteiger partial charge in [0.25, 0.3) is 5.69 Å². The van der Waals surface area contributed by atoms with Crippen LogP contribution in [0.25, 0.3) is 0 Å². The molecule has 0 aliphatic carbocycles. The number of aldehydes is 1. The molecule has 0 amide bonds. The van der Waals surface area contributed by atoms with Crippen LogP contribution in [0.1, 0.15) is 21.5 Å². The average molecular weight is 255 g/mol. The summed E-state index contributed by atoms with van der Waals surface area (Å²) < 4.78 is 0. The van der Waals surface area contributed by atoms with Crippen molar-refractivity contribution in [2.45, 2.75) is 12.8 Å². The molecule has 2 aromatic carbocycles. The minimum absolute atomic E-state index is 0.110. The highest BCUT2D eigenvalue weighted by Gasteiger charge is 2.04. The first-order valence-electron chi connectivity index (χ1n) is 5.96. The zero-order valence-corrected chi connectivity index (χ0v) is 10.3. The third kappa shape index (κ3) is 3.48. The Hall–Kier alpha value is -2.49. The highest BCUT2D eigenvalue weighted by atomic mass is 16.6. The van der Waals surface area contributed by atoms with E-state index >= 15 is 0 Å². The molecule has 0 heterocycles. The Morgan fingerprint density at radius 1 is 0.895 bits per heavy atom. The monoisotopic (exact) mass is 255 g/mol. The number of nitro groups is 1. The maximum atomic E-state index is 10.5. The molecule has 19 heavy (non-hydrogen) atoms. The van der Waals surface area contributed by atoms with Crippen molar-refractivity contribution in [3.05, 3.63) is 75.3 Å². The van der Waals surface area contributed by atoms with Crippen LogP contribution < -0.4 is 0 Å². The van der Waals surface area contributed by atoms with Gasteiger partial charge in [-0.05, 0) is 24.0 Å². The lowest BCUT2D eigenvalue weighted by atomic mass is 10.0. The maximum absolute atomic E-state index is 10.5. The van der Waals surface area contributed by atoms with Gasteiger partial charge in [0.1, 0.15) is 6.29 Å². The molecule has 0 fully saturated rings. The molecule has 0 atom stereocenters. The molecule has 2 rings (SSSR count). The van der Waals surface area contributed by atoms with Gasteiger partial charge >= 0.3 is 0 Å². The topological polar surface area (TPSA) is 60.2 Å². The fraction of sp³-hybridized carbons (Fsp3) is 0.133. The number of rotatable bonds is 5. The van der Waals surface area contributed by atoms with Crippen LogP contribution >= 0.6 is 0 Å². The van der Waals surface area contributed by atoms with Gasteiger partial charge in [0.2, 0.25) is 0 Å². The largest absolute Gasteiger partial charge is 0.298 e. The van der Waals surface area contributed by atoms with Gasteiger partial charge in [-0.25, -0.2) is 0 Å². The maximum Gasteiger partial charge on any atom is 0.269 e. The van der Waals surface area contributed by atoms with Crippen LogP contribution in [0.4, 0.5) is 5.69 Å². The summed E-state index contributed by atoms with van der Waals surface area (Å²) in [5.74, 6) is 0. The molecular weight excluding hydrogens is 242 g/mol. The number of non-ortho nitro benzene ring substituents is 1. The van der Waals surface area contributed by atoms with Crippen molar-refractivity contribution in [2.24, 2.45) is 0 Å². The highest BCUT2D eigenvalue weighted by Crippen LogP contribution is 2.14. The Bertz CT molecular complexity index is 573. The second-order valence-electron chi connectivity index (χ2n) is 4.28. The number of carbonyl (C=O) groups excluding carboxylic acids is 1. The first-order chi connectivity index (χ1) is 9.19. The molecule has 0 saturated carbocycles. The molecule has 0 bridgehead atoms. The summed E-state index contributed by atoms with van der Waals surface area (Å²) in [5, 5.41) is 10.5. The second-order valence-corrected chi connectivity index (χ2v) is 4.28. The van der Waals surface area contributed by atoms with E-state index in [1.165, 1.54) is 12.1 Å². The summed E-state index contributed by atoms with van der Waals surface area (Å²) in [6, 6.07) is 14.0. The Morgan fingerprint density at radius 2 is 1.37 bits per heavy atom. The first kappa shape index (κ1) is 13.0. The fourth-order valence-corrected chi connectivity index (χ4v) is 1.84. The Labute approximate surface area is 110 Å². The number of hydrogen-bond donors (Lipinski definition) is 0. The predicted octanol–water partition coefficient (Wildman–Crippen LogP) is 3.19. The summed E-state index contributed by atoms with van der Waals surface area (Å²) >= 11 is 0. The predicted molar refractivity (Wildman–Crippen MR) is 72.3 cm³/mol. The minimum Gasteiger partial charge on any atom is -0.298 e. The van der Waals surface area contributed by atoms with Crippen LogP contribution in [0.5, 0.6) is 0 Å². The summed E-state index contributed by atoms with van der Waals surface area (Å²) in [7, 11) is 0. The first-order valence-corrected chi connectivity index (χ1v) is 5.96.